The lowest BCUT2D eigenvalue weighted by molar-refractivity contribution is -0.116. The molecule has 0 aromatic heterocycles. The van der Waals surface area contributed by atoms with Crippen LogP contribution < -0.4 is 5.32 Å². The highest BCUT2D eigenvalue weighted by Gasteiger charge is 2.16. The number of benzene rings is 1. The van der Waals surface area contributed by atoms with Crippen LogP contribution in [0.3, 0.4) is 0 Å². The number of rotatable bonds is 5. The van der Waals surface area contributed by atoms with E-state index in [1.807, 2.05) is 27.7 Å². The summed E-state index contributed by atoms with van der Waals surface area (Å²) in [6, 6.07) is 2.92. The number of nitrogens with one attached hydrogen (secondary N) is 1. The number of carbonyl (C=O) groups is 1. The van der Waals surface area contributed by atoms with Crippen LogP contribution in [0.2, 0.25) is 0 Å². The second-order valence-corrected chi connectivity index (χ2v) is 7.29. The zero-order chi connectivity index (χ0) is 16.9. The lowest BCUT2D eigenvalue weighted by Crippen LogP contribution is -2.24. The Hall–Kier alpha value is -1.01. The van der Waals surface area contributed by atoms with Gasteiger partial charge in [0.15, 0.2) is 5.05 Å². The van der Waals surface area contributed by atoms with Gasteiger partial charge in [-0.25, -0.2) is 4.39 Å². The Labute approximate surface area is 144 Å². The first-order valence-corrected chi connectivity index (χ1v) is 8.32. The molecule has 0 bridgehead atoms. The van der Waals surface area contributed by atoms with Gasteiger partial charge < -0.3 is 10.1 Å². The highest BCUT2D eigenvalue weighted by molar-refractivity contribution is 9.10. The van der Waals surface area contributed by atoms with Gasteiger partial charge in [0.1, 0.15) is 11.4 Å². The molecule has 0 atom stereocenters. The normalized spacial score (nSPS) is 11.2. The number of amides is 1. The molecule has 0 radical (unpaired) electrons. The fourth-order valence-electron chi connectivity index (χ4n) is 1.80. The van der Waals surface area contributed by atoms with Gasteiger partial charge in [0.25, 0.3) is 0 Å². The summed E-state index contributed by atoms with van der Waals surface area (Å²) in [6.07, 6.45) is 1.43. The molecular formula is C16H21BrFNO2S. The Morgan fingerprint density at radius 1 is 1.41 bits per heavy atom. The van der Waals surface area contributed by atoms with Crippen molar-refractivity contribution in [1.29, 1.82) is 0 Å². The molecule has 0 aliphatic heterocycles. The van der Waals surface area contributed by atoms with Crippen molar-refractivity contribution < 1.29 is 13.9 Å². The standard InChI is InChI=1S/C16H21BrFNO2S/c1-5-6-14(20)19-13-7-10(11(17)9-12(13)18)8-15(22)21-16(2,3)4/h7,9H,5-6,8H2,1-4H3,(H,19,20). The predicted molar refractivity (Wildman–Crippen MR) is 94.8 cm³/mol. The minimum Gasteiger partial charge on any atom is -0.481 e. The van der Waals surface area contributed by atoms with Crippen LogP contribution >= 0.6 is 28.1 Å². The Morgan fingerprint density at radius 2 is 2.05 bits per heavy atom. The Bertz CT molecular complexity index is 570. The summed E-state index contributed by atoms with van der Waals surface area (Å²) in [5, 5.41) is 3.00. The van der Waals surface area contributed by atoms with Gasteiger partial charge in [-0.15, -0.1) is 0 Å². The minimum atomic E-state index is -0.484. The third kappa shape index (κ3) is 6.40. The molecule has 0 saturated carbocycles. The van der Waals surface area contributed by atoms with Crippen LogP contribution in [0.5, 0.6) is 0 Å². The molecule has 0 unspecified atom stereocenters. The second-order valence-electron chi connectivity index (χ2n) is 5.98. The van der Waals surface area contributed by atoms with Gasteiger partial charge >= 0.3 is 0 Å². The van der Waals surface area contributed by atoms with Crippen LogP contribution in [-0.2, 0) is 16.0 Å². The summed E-state index contributed by atoms with van der Waals surface area (Å²) < 4.78 is 20.1. The van der Waals surface area contributed by atoms with Gasteiger partial charge in [-0.1, -0.05) is 22.9 Å². The van der Waals surface area contributed by atoms with Gasteiger partial charge in [0.2, 0.25) is 5.91 Å². The van der Waals surface area contributed by atoms with Crippen molar-refractivity contribution in [3.63, 3.8) is 0 Å². The first-order valence-electron chi connectivity index (χ1n) is 7.12. The summed E-state index contributed by atoms with van der Waals surface area (Å²) in [7, 11) is 0. The lowest BCUT2D eigenvalue weighted by Gasteiger charge is -2.22. The van der Waals surface area contributed by atoms with Crippen LogP contribution in [-0.4, -0.2) is 16.6 Å². The van der Waals surface area contributed by atoms with E-state index in [1.54, 1.807) is 6.07 Å². The average Bonchev–Trinajstić information content (AvgIpc) is 2.33. The fourth-order valence-corrected chi connectivity index (χ4v) is 2.66. The molecule has 0 saturated heterocycles. The zero-order valence-corrected chi connectivity index (χ0v) is 15.7. The van der Waals surface area contributed by atoms with Gasteiger partial charge in [-0.3, -0.25) is 4.79 Å². The summed E-state index contributed by atoms with van der Waals surface area (Å²) in [5.41, 5.74) is 0.555. The van der Waals surface area contributed by atoms with Gasteiger partial charge in [0.05, 0.1) is 5.69 Å². The van der Waals surface area contributed by atoms with E-state index in [0.717, 1.165) is 5.56 Å². The van der Waals surface area contributed by atoms with Gasteiger partial charge in [0, 0.05) is 17.3 Å². The van der Waals surface area contributed by atoms with Crippen molar-refractivity contribution in [2.45, 2.75) is 52.6 Å². The van der Waals surface area contributed by atoms with Crippen molar-refractivity contribution in [3.05, 3.63) is 28.0 Å². The molecule has 1 rings (SSSR count). The molecule has 3 nitrogen and oxygen atoms in total. The molecule has 1 amide bonds. The van der Waals surface area contributed by atoms with Crippen molar-refractivity contribution in [2.24, 2.45) is 0 Å². The molecule has 0 aliphatic rings. The summed E-state index contributed by atoms with van der Waals surface area (Å²) in [4.78, 5) is 11.6. The third-order valence-electron chi connectivity index (χ3n) is 2.64. The quantitative estimate of drug-likeness (QED) is 0.719. The summed E-state index contributed by atoms with van der Waals surface area (Å²) in [5.74, 6) is -0.689. The molecule has 22 heavy (non-hydrogen) atoms. The molecule has 122 valence electrons. The smallest absolute Gasteiger partial charge is 0.224 e. The van der Waals surface area contributed by atoms with Crippen LogP contribution in [0.15, 0.2) is 16.6 Å². The van der Waals surface area contributed by atoms with E-state index in [-0.39, 0.29) is 17.2 Å². The Kier molecular flexibility index (Phi) is 6.94. The maximum absolute atomic E-state index is 13.9. The Morgan fingerprint density at radius 3 is 2.59 bits per heavy atom. The van der Waals surface area contributed by atoms with Crippen LogP contribution in [0.4, 0.5) is 10.1 Å². The van der Waals surface area contributed by atoms with Crippen LogP contribution in [0.1, 0.15) is 46.1 Å². The number of thiocarbonyl (C=S) groups is 1. The van der Waals surface area contributed by atoms with E-state index in [9.17, 15) is 9.18 Å². The molecule has 0 fully saturated rings. The molecule has 0 aliphatic carbocycles. The van der Waals surface area contributed by atoms with E-state index in [2.05, 4.69) is 21.2 Å². The molecule has 0 heterocycles. The zero-order valence-electron chi connectivity index (χ0n) is 13.3. The minimum absolute atomic E-state index is 0.162. The molecule has 1 N–H and O–H groups in total. The predicted octanol–water partition coefficient (Wildman–Crippen LogP) is 5.01. The summed E-state index contributed by atoms with van der Waals surface area (Å²) >= 11 is 8.54. The van der Waals surface area contributed by atoms with Gasteiger partial charge in [-0.05, 0) is 57.1 Å². The number of halogens is 2. The summed E-state index contributed by atoms with van der Waals surface area (Å²) in [6.45, 7) is 7.63. The van der Waals surface area contributed by atoms with Crippen LogP contribution in [0.25, 0.3) is 0 Å². The highest BCUT2D eigenvalue weighted by atomic mass is 79.9. The number of hydrogen-bond acceptors (Lipinski definition) is 3. The lowest BCUT2D eigenvalue weighted by atomic mass is 10.1. The van der Waals surface area contributed by atoms with E-state index in [0.29, 0.717) is 28.8 Å². The van der Waals surface area contributed by atoms with Crippen LogP contribution in [0, 0.1) is 5.82 Å². The number of carbonyl (C=O) groups excluding carboxylic acids is 1. The SMILES string of the molecule is CCCC(=O)Nc1cc(CC(=S)OC(C)(C)C)c(Br)cc1F. The third-order valence-corrected chi connectivity index (χ3v) is 3.61. The van der Waals surface area contributed by atoms with E-state index in [4.69, 9.17) is 17.0 Å². The van der Waals surface area contributed by atoms with Crippen molar-refractivity contribution in [3.8, 4) is 0 Å². The van der Waals surface area contributed by atoms with E-state index < -0.39 is 5.82 Å². The first-order chi connectivity index (χ1) is 10.1. The second kappa shape index (κ2) is 8.02. The van der Waals surface area contributed by atoms with Crippen molar-refractivity contribution in [2.75, 3.05) is 5.32 Å². The molecular weight excluding hydrogens is 369 g/mol. The number of ether oxygens (including phenoxy) is 1. The monoisotopic (exact) mass is 389 g/mol. The van der Waals surface area contributed by atoms with Crippen molar-refractivity contribution in [1.82, 2.24) is 0 Å². The molecule has 0 spiro atoms. The maximum Gasteiger partial charge on any atom is 0.224 e. The maximum atomic E-state index is 13.9. The Balaban J connectivity index is 2.91. The largest absolute Gasteiger partial charge is 0.481 e. The highest BCUT2D eigenvalue weighted by Crippen LogP contribution is 2.26. The number of anilines is 1. The number of hydrogen-bond donors (Lipinski definition) is 1. The molecule has 1 aromatic carbocycles. The topological polar surface area (TPSA) is 38.3 Å². The molecule has 6 heteroatoms. The van der Waals surface area contributed by atoms with Gasteiger partial charge in [-0.2, -0.15) is 0 Å². The van der Waals surface area contributed by atoms with E-state index >= 15 is 0 Å². The van der Waals surface area contributed by atoms with E-state index in [1.165, 1.54) is 6.07 Å². The average molecular weight is 390 g/mol. The fraction of sp³-hybridized carbons (Fsp3) is 0.500. The molecule has 1 aromatic rings. The van der Waals surface area contributed by atoms with Crippen molar-refractivity contribution >= 4 is 44.8 Å². The first kappa shape index (κ1) is 19.0.